The van der Waals surface area contributed by atoms with Gasteiger partial charge in [0.1, 0.15) is 17.2 Å². The van der Waals surface area contributed by atoms with Crippen molar-refractivity contribution in [3.05, 3.63) is 84.1 Å². The lowest BCUT2D eigenvalue weighted by atomic mass is 9.86. The first kappa shape index (κ1) is 23.8. The van der Waals surface area contributed by atoms with Crippen molar-refractivity contribution >= 4 is 17.7 Å². The van der Waals surface area contributed by atoms with Crippen LogP contribution in [0.4, 0.5) is 18.9 Å². The molecule has 0 atom stereocenters. The lowest BCUT2D eigenvalue weighted by molar-refractivity contribution is -0.274. The monoisotopic (exact) mass is 456 g/mol. The fourth-order valence-electron chi connectivity index (χ4n) is 3.01. The molecule has 0 radical (unpaired) electrons. The summed E-state index contributed by atoms with van der Waals surface area (Å²) in [6.07, 6.45) is -0.661. The zero-order valence-electron chi connectivity index (χ0n) is 18.3. The number of hydrogen-bond donors (Lipinski definition) is 1. The summed E-state index contributed by atoms with van der Waals surface area (Å²) in [6, 6.07) is 16.2. The van der Waals surface area contributed by atoms with Crippen molar-refractivity contribution in [1.82, 2.24) is 4.98 Å². The van der Waals surface area contributed by atoms with Gasteiger partial charge in [-0.05, 0) is 47.4 Å². The van der Waals surface area contributed by atoms with E-state index in [4.69, 9.17) is 4.74 Å². The molecule has 8 heteroatoms. The minimum atomic E-state index is -4.79. The van der Waals surface area contributed by atoms with Crippen molar-refractivity contribution < 1.29 is 27.4 Å². The Balaban J connectivity index is 1.74. The van der Waals surface area contributed by atoms with Gasteiger partial charge in [-0.2, -0.15) is 0 Å². The van der Waals surface area contributed by atoms with Gasteiger partial charge in [0.2, 0.25) is 11.8 Å². The van der Waals surface area contributed by atoms with Crippen LogP contribution in [0.5, 0.6) is 17.4 Å². The van der Waals surface area contributed by atoms with Gasteiger partial charge in [0.05, 0.1) is 0 Å². The average Bonchev–Trinajstić information content (AvgIpc) is 2.72. The molecule has 1 aromatic heterocycles. The van der Waals surface area contributed by atoms with E-state index in [1.54, 1.807) is 24.4 Å². The molecule has 0 saturated heterocycles. The quantitative estimate of drug-likeness (QED) is 0.418. The van der Waals surface area contributed by atoms with Gasteiger partial charge in [0, 0.05) is 17.8 Å². The molecule has 0 bridgehead atoms. The first-order valence-electron chi connectivity index (χ1n) is 10.1. The van der Waals surface area contributed by atoms with E-state index >= 15 is 0 Å². The molecule has 0 unspecified atom stereocenters. The van der Waals surface area contributed by atoms with Crippen LogP contribution < -0.4 is 14.8 Å². The Kier molecular flexibility index (Phi) is 7.06. The van der Waals surface area contributed by atoms with Gasteiger partial charge in [0.25, 0.3) is 0 Å². The number of ether oxygens (including phenoxy) is 2. The Hall–Kier alpha value is -3.81. The van der Waals surface area contributed by atoms with E-state index in [2.05, 4.69) is 35.8 Å². The summed E-state index contributed by atoms with van der Waals surface area (Å²) in [5.74, 6) is -0.0302. The molecule has 1 heterocycles. The third kappa shape index (κ3) is 7.10. The van der Waals surface area contributed by atoms with Crippen LogP contribution in [0.15, 0.2) is 72.9 Å². The lowest BCUT2D eigenvalue weighted by Gasteiger charge is -2.22. The lowest BCUT2D eigenvalue weighted by Crippen LogP contribution is -2.17. The Morgan fingerprint density at radius 1 is 1.00 bits per heavy atom. The number of aromatic nitrogens is 1. The number of amides is 1. The molecule has 172 valence electrons. The third-order valence-electron chi connectivity index (χ3n) is 4.45. The van der Waals surface area contributed by atoms with Crippen molar-refractivity contribution in [3.8, 4) is 17.4 Å². The predicted octanol–water partition coefficient (Wildman–Crippen LogP) is 6.72. The maximum absolute atomic E-state index is 12.4. The van der Waals surface area contributed by atoms with Crippen molar-refractivity contribution in [1.29, 1.82) is 0 Å². The summed E-state index contributed by atoms with van der Waals surface area (Å²) < 4.78 is 47.1. The summed E-state index contributed by atoms with van der Waals surface area (Å²) in [5.41, 5.74) is 1.54. The van der Waals surface area contributed by atoms with E-state index < -0.39 is 12.3 Å². The van der Waals surface area contributed by atoms with Crippen LogP contribution in [0, 0.1) is 0 Å². The van der Waals surface area contributed by atoms with E-state index in [-0.39, 0.29) is 17.0 Å². The largest absolute Gasteiger partial charge is 0.573 e. The van der Waals surface area contributed by atoms with Crippen LogP contribution in [0.1, 0.15) is 31.9 Å². The highest BCUT2D eigenvalue weighted by Crippen LogP contribution is 2.35. The Morgan fingerprint density at radius 3 is 2.48 bits per heavy atom. The highest BCUT2D eigenvalue weighted by molar-refractivity contribution is 6.02. The van der Waals surface area contributed by atoms with Crippen molar-refractivity contribution in [2.24, 2.45) is 0 Å². The number of nitrogens with zero attached hydrogens (tertiary/aromatic N) is 1. The van der Waals surface area contributed by atoms with Gasteiger partial charge >= 0.3 is 6.36 Å². The van der Waals surface area contributed by atoms with Gasteiger partial charge in [-0.15, -0.1) is 13.2 Å². The van der Waals surface area contributed by atoms with E-state index in [1.165, 1.54) is 30.4 Å². The second-order valence-corrected chi connectivity index (χ2v) is 8.15. The summed E-state index contributed by atoms with van der Waals surface area (Å²) in [5, 5.41) is 2.69. The van der Waals surface area contributed by atoms with Crippen molar-refractivity contribution in [2.45, 2.75) is 32.5 Å². The molecule has 5 nitrogen and oxygen atoms in total. The number of rotatable bonds is 6. The number of halogens is 3. The molecule has 0 aliphatic rings. The topological polar surface area (TPSA) is 60.5 Å². The first-order valence-corrected chi connectivity index (χ1v) is 10.1. The number of benzene rings is 2. The van der Waals surface area contributed by atoms with Gasteiger partial charge < -0.3 is 14.8 Å². The van der Waals surface area contributed by atoms with Crippen LogP contribution in [0.25, 0.3) is 6.08 Å². The standard InChI is InChI=1S/C25H23F3N2O3/c1-24(2,3)19-10-4-5-12-21(19)32-23-20(11-7-15-29-23)30-22(31)14-13-17-8-6-9-18(16-17)33-25(26,27)28/h4-16H,1-3H3,(H,30,31)/b14-13+. The van der Waals surface area contributed by atoms with Crippen LogP contribution >= 0.6 is 0 Å². The zero-order chi connectivity index (χ0) is 24.1. The summed E-state index contributed by atoms with van der Waals surface area (Å²) in [6.45, 7) is 6.20. The van der Waals surface area contributed by atoms with Crippen LogP contribution in [-0.2, 0) is 10.2 Å². The number of hydrogen-bond acceptors (Lipinski definition) is 4. The number of pyridine rings is 1. The minimum absolute atomic E-state index is 0.165. The second-order valence-electron chi connectivity index (χ2n) is 8.15. The number of alkyl halides is 3. The molecule has 2 aromatic carbocycles. The average molecular weight is 456 g/mol. The molecular weight excluding hydrogens is 433 g/mol. The molecule has 0 aliphatic carbocycles. The summed E-state index contributed by atoms with van der Waals surface area (Å²) in [4.78, 5) is 16.7. The predicted molar refractivity (Wildman–Crippen MR) is 120 cm³/mol. The maximum atomic E-state index is 12.4. The smallest absolute Gasteiger partial charge is 0.437 e. The van der Waals surface area contributed by atoms with Gasteiger partial charge in [0.15, 0.2) is 0 Å². The Labute approximate surface area is 189 Å². The second kappa shape index (κ2) is 9.77. The van der Waals surface area contributed by atoms with Crippen LogP contribution in [0.3, 0.4) is 0 Å². The molecule has 3 rings (SSSR count). The van der Waals surface area contributed by atoms with Crippen LogP contribution in [0.2, 0.25) is 0 Å². The molecule has 0 saturated carbocycles. The minimum Gasteiger partial charge on any atom is -0.437 e. The van der Waals surface area contributed by atoms with Crippen LogP contribution in [-0.4, -0.2) is 17.3 Å². The van der Waals surface area contributed by atoms with Crippen molar-refractivity contribution in [3.63, 3.8) is 0 Å². The Morgan fingerprint density at radius 2 is 1.76 bits per heavy atom. The molecule has 0 fully saturated rings. The molecule has 0 spiro atoms. The number of carbonyl (C=O) groups excluding carboxylic acids is 1. The molecule has 3 aromatic rings. The van der Waals surface area contributed by atoms with Crippen molar-refractivity contribution in [2.75, 3.05) is 5.32 Å². The number of para-hydroxylation sites is 1. The maximum Gasteiger partial charge on any atom is 0.573 e. The Bertz CT molecular complexity index is 1150. The third-order valence-corrected chi connectivity index (χ3v) is 4.45. The molecule has 1 N–H and O–H groups in total. The van der Waals surface area contributed by atoms with Gasteiger partial charge in [-0.3, -0.25) is 4.79 Å². The fourth-order valence-corrected chi connectivity index (χ4v) is 3.01. The summed E-state index contributed by atoms with van der Waals surface area (Å²) >= 11 is 0. The first-order chi connectivity index (χ1) is 15.5. The molecule has 33 heavy (non-hydrogen) atoms. The number of anilines is 1. The van der Waals surface area contributed by atoms with E-state index in [0.717, 1.165) is 5.56 Å². The van der Waals surface area contributed by atoms with E-state index in [0.29, 0.717) is 17.0 Å². The zero-order valence-corrected chi connectivity index (χ0v) is 18.3. The highest BCUT2D eigenvalue weighted by Gasteiger charge is 2.31. The number of nitrogens with one attached hydrogen (secondary N) is 1. The summed E-state index contributed by atoms with van der Waals surface area (Å²) in [7, 11) is 0. The molecule has 0 aliphatic heterocycles. The van der Waals surface area contributed by atoms with E-state index in [9.17, 15) is 18.0 Å². The van der Waals surface area contributed by atoms with E-state index in [1.807, 2.05) is 24.3 Å². The molecule has 1 amide bonds. The normalized spacial score (nSPS) is 11.9. The van der Waals surface area contributed by atoms with Gasteiger partial charge in [-0.25, -0.2) is 4.98 Å². The van der Waals surface area contributed by atoms with Gasteiger partial charge in [-0.1, -0.05) is 51.1 Å². The number of carbonyl (C=O) groups is 1. The fraction of sp³-hybridized carbons (Fsp3) is 0.200. The molecular formula is C25H23F3N2O3. The SMILES string of the molecule is CC(C)(C)c1ccccc1Oc1ncccc1NC(=O)/C=C/c1cccc(OC(F)(F)F)c1. The highest BCUT2D eigenvalue weighted by atomic mass is 19.4.